The van der Waals surface area contributed by atoms with Gasteiger partial charge in [-0.15, -0.1) is 0 Å². The van der Waals surface area contributed by atoms with Gasteiger partial charge in [-0.25, -0.2) is 4.98 Å². The molecule has 1 N–H and O–H groups in total. The second kappa shape index (κ2) is 11.0. The Morgan fingerprint density at radius 2 is 1.78 bits per heavy atom. The lowest BCUT2D eigenvalue weighted by atomic mass is 10.1. The minimum Gasteiger partial charge on any atom is -0.348 e. The van der Waals surface area contributed by atoms with Gasteiger partial charge in [0, 0.05) is 35.7 Å². The van der Waals surface area contributed by atoms with Crippen LogP contribution in [0.15, 0.2) is 57.9 Å². The Morgan fingerprint density at radius 1 is 1.09 bits per heavy atom. The van der Waals surface area contributed by atoms with E-state index < -0.39 is 11.5 Å². The van der Waals surface area contributed by atoms with Crippen LogP contribution in [0, 0.1) is 0 Å². The molecule has 2 amide bonds. The zero-order valence-electron chi connectivity index (χ0n) is 18.3. The Hall–Kier alpha value is -3.00. The van der Waals surface area contributed by atoms with Gasteiger partial charge in [-0.05, 0) is 48.7 Å². The molecule has 7 nitrogen and oxygen atoms in total. The molecule has 0 aliphatic heterocycles. The number of rotatable bonds is 9. The molecule has 0 fully saturated rings. The summed E-state index contributed by atoms with van der Waals surface area (Å²) in [6.45, 7) is 5.40. The summed E-state index contributed by atoms with van der Waals surface area (Å²) in [5.41, 5.74) is 0.774. The van der Waals surface area contributed by atoms with Gasteiger partial charge in [0.25, 0.3) is 11.5 Å². The Kier molecular flexibility index (Phi) is 8.16. The van der Waals surface area contributed by atoms with E-state index in [4.69, 9.17) is 0 Å². The van der Waals surface area contributed by atoms with Gasteiger partial charge in [-0.1, -0.05) is 41.9 Å². The maximum atomic E-state index is 13.2. The highest BCUT2D eigenvalue weighted by molar-refractivity contribution is 9.10. The first kappa shape index (κ1) is 23.7. The maximum Gasteiger partial charge on any atom is 0.265 e. The molecule has 2 heterocycles. The highest BCUT2D eigenvalue weighted by atomic mass is 79.9. The van der Waals surface area contributed by atoms with Crippen LogP contribution in [0.5, 0.6) is 0 Å². The number of carbonyl (C=O) groups excluding carboxylic acids is 2. The van der Waals surface area contributed by atoms with E-state index in [9.17, 15) is 14.4 Å². The number of nitrogens with zero attached hydrogens (tertiary/aromatic N) is 3. The van der Waals surface area contributed by atoms with E-state index in [1.165, 1.54) is 4.57 Å². The van der Waals surface area contributed by atoms with E-state index in [1.807, 2.05) is 38.1 Å². The van der Waals surface area contributed by atoms with E-state index in [0.717, 1.165) is 22.9 Å². The van der Waals surface area contributed by atoms with E-state index >= 15 is 0 Å². The van der Waals surface area contributed by atoms with Crippen LogP contribution in [0.25, 0.3) is 11.0 Å². The predicted molar refractivity (Wildman–Crippen MR) is 128 cm³/mol. The normalized spacial score (nSPS) is 10.8. The summed E-state index contributed by atoms with van der Waals surface area (Å²) in [4.78, 5) is 45.1. The van der Waals surface area contributed by atoms with Gasteiger partial charge in [-0.2, -0.15) is 0 Å². The molecule has 32 heavy (non-hydrogen) atoms. The summed E-state index contributed by atoms with van der Waals surface area (Å²) in [6, 6.07) is 12.6. The maximum absolute atomic E-state index is 13.2. The van der Waals surface area contributed by atoms with Crippen molar-refractivity contribution in [3.63, 3.8) is 0 Å². The second-order valence-electron chi connectivity index (χ2n) is 7.56. The van der Waals surface area contributed by atoms with Crippen molar-refractivity contribution in [1.82, 2.24) is 19.8 Å². The van der Waals surface area contributed by atoms with Crippen LogP contribution < -0.4 is 10.9 Å². The molecule has 3 rings (SSSR count). The third-order valence-electron chi connectivity index (χ3n) is 5.09. The number of hydrogen-bond donors (Lipinski definition) is 1. The van der Waals surface area contributed by atoms with Crippen LogP contribution in [-0.2, 0) is 17.9 Å². The molecule has 0 saturated carbocycles. The molecule has 8 heteroatoms. The summed E-state index contributed by atoms with van der Waals surface area (Å²) >= 11 is 3.38. The largest absolute Gasteiger partial charge is 0.348 e. The van der Waals surface area contributed by atoms with E-state index in [2.05, 4.69) is 26.2 Å². The third kappa shape index (κ3) is 5.62. The Morgan fingerprint density at radius 3 is 2.44 bits per heavy atom. The Bertz CT molecular complexity index is 1150. The minimum atomic E-state index is -0.522. The number of halogens is 1. The summed E-state index contributed by atoms with van der Waals surface area (Å²) in [6.07, 6.45) is 3.24. The van der Waals surface area contributed by atoms with Crippen LogP contribution in [-0.4, -0.2) is 39.4 Å². The Labute approximate surface area is 195 Å². The molecule has 0 saturated heterocycles. The van der Waals surface area contributed by atoms with Crippen molar-refractivity contribution in [2.24, 2.45) is 0 Å². The smallest absolute Gasteiger partial charge is 0.265 e. The molecule has 0 atom stereocenters. The number of carbonyl (C=O) groups is 2. The lowest BCUT2D eigenvalue weighted by Gasteiger charge is -2.22. The fourth-order valence-electron chi connectivity index (χ4n) is 3.53. The molecule has 0 spiro atoms. The number of benzene rings is 1. The molecular weight excluding hydrogens is 472 g/mol. The van der Waals surface area contributed by atoms with Crippen molar-refractivity contribution in [2.75, 3.05) is 13.1 Å². The summed E-state index contributed by atoms with van der Waals surface area (Å²) in [5, 5.41) is 3.43. The highest BCUT2D eigenvalue weighted by Gasteiger charge is 2.20. The minimum absolute atomic E-state index is 0.00653. The zero-order chi connectivity index (χ0) is 23.1. The van der Waals surface area contributed by atoms with Crippen LogP contribution in [0.1, 0.15) is 42.6 Å². The average molecular weight is 499 g/mol. The zero-order valence-corrected chi connectivity index (χ0v) is 19.9. The number of hydrogen-bond acceptors (Lipinski definition) is 4. The van der Waals surface area contributed by atoms with Gasteiger partial charge in [0.15, 0.2) is 0 Å². The van der Waals surface area contributed by atoms with Gasteiger partial charge in [0.2, 0.25) is 5.91 Å². The number of nitrogens with one attached hydrogen (secondary N) is 1. The molecule has 0 radical (unpaired) electrons. The van der Waals surface area contributed by atoms with Gasteiger partial charge in [0.05, 0.1) is 0 Å². The molecule has 3 aromatic rings. The first-order chi connectivity index (χ1) is 15.4. The molecule has 0 bridgehead atoms. The molecule has 2 aromatic heterocycles. The van der Waals surface area contributed by atoms with E-state index in [-0.39, 0.29) is 24.6 Å². The lowest BCUT2D eigenvalue weighted by molar-refractivity contribution is -0.131. The highest BCUT2D eigenvalue weighted by Crippen LogP contribution is 2.13. The van der Waals surface area contributed by atoms with Crippen LogP contribution in [0.2, 0.25) is 0 Å². The fraction of sp³-hybridized carbons (Fsp3) is 0.333. The monoisotopic (exact) mass is 498 g/mol. The number of pyridine rings is 2. The third-order valence-corrected chi connectivity index (χ3v) is 5.62. The summed E-state index contributed by atoms with van der Waals surface area (Å²) in [5.74, 6) is -0.640. The Balaban J connectivity index is 1.91. The fourth-order valence-corrected chi connectivity index (χ4v) is 3.80. The van der Waals surface area contributed by atoms with Crippen molar-refractivity contribution in [3.05, 3.63) is 74.6 Å². The van der Waals surface area contributed by atoms with Gasteiger partial charge in [0.1, 0.15) is 17.8 Å². The molecular formula is C24H27BrN4O3. The SMILES string of the molecule is CCCN(CCC)C(=O)Cn1c(=O)c(C(=O)NCc2ccc(Br)cc2)cc2cccnc21. The topological polar surface area (TPSA) is 84.3 Å². The average Bonchev–Trinajstić information content (AvgIpc) is 2.80. The molecule has 0 aliphatic carbocycles. The van der Waals surface area contributed by atoms with Crippen LogP contribution in [0.4, 0.5) is 0 Å². The van der Waals surface area contributed by atoms with Crippen molar-refractivity contribution in [3.8, 4) is 0 Å². The van der Waals surface area contributed by atoms with E-state index in [0.29, 0.717) is 24.1 Å². The standard InChI is InChI=1S/C24H27BrN4O3/c1-3-12-28(13-4-2)21(30)16-29-22-18(6-5-11-26-22)14-20(24(29)32)23(31)27-15-17-7-9-19(25)10-8-17/h5-11,14H,3-4,12-13,15-16H2,1-2H3,(H,27,31). The molecule has 1 aromatic carbocycles. The first-order valence-electron chi connectivity index (χ1n) is 10.7. The lowest BCUT2D eigenvalue weighted by Crippen LogP contribution is -2.39. The van der Waals surface area contributed by atoms with Crippen LogP contribution >= 0.6 is 15.9 Å². The van der Waals surface area contributed by atoms with Crippen molar-refractivity contribution < 1.29 is 9.59 Å². The summed E-state index contributed by atoms with van der Waals surface area (Å²) in [7, 11) is 0. The quantitative estimate of drug-likeness (QED) is 0.486. The van der Waals surface area contributed by atoms with Crippen molar-refractivity contribution in [1.29, 1.82) is 0 Å². The predicted octanol–water partition coefficient (Wildman–Crippen LogP) is 3.74. The number of fused-ring (bicyclic) bond motifs is 1. The van der Waals surface area contributed by atoms with E-state index in [1.54, 1.807) is 29.3 Å². The van der Waals surface area contributed by atoms with Crippen molar-refractivity contribution in [2.45, 2.75) is 39.8 Å². The number of amides is 2. The van der Waals surface area contributed by atoms with Gasteiger partial charge >= 0.3 is 0 Å². The second-order valence-corrected chi connectivity index (χ2v) is 8.47. The van der Waals surface area contributed by atoms with Crippen LogP contribution in [0.3, 0.4) is 0 Å². The van der Waals surface area contributed by atoms with Gasteiger partial charge in [-0.3, -0.25) is 19.0 Å². The molecule has 0 aliphatic rings. The number of aromatic nitrogens is 2. The van der Waals surface area contributed by atoms with Crippen molar-refractivity contribution >= 4 is 38.8 Å². The molecule has 0 unspecified atom stereocenters. The summed E-state index contributed by atoms with van der Waals surface area (Å²) < 4.78 is 2.26. The first-order valence-corrected chi connectivity index (χ1v) is 11.5. The molecule has 168 valence electrons. The van der Waals surface area contributed by atoms with Gasteiger partial charge < -0.3 is 10.2 Å².